The second kappa shape index (κ2) is 3.51. The lowest BCUT2D eigenvalue weighted by Crippen LogP contribution is -2.41. The van der Waals surface area contributed by atoms with Gasteiger partial charge < -0.3 is 10.2 Å². The highest BCUT2D eigenvalue weighted by Crippen LogP contribution is 2.25. The summed E-state index contributed by atoms with van der Waals surface area (Å²) in [5.74, 6) is 0.800. The molecule has 0 unspecified atom stereocenters. The lowest BCUT2D eigenvalue weighted by atomic mass is 10.1. The molecule has 0 aromatic heterocycles. The highest BCUT2D eigenvalue weighted by Gasteiger charge is 2.13. The standard InChI is InChI=1S/C8H11N5O/c1-14-7-3-2-6-5-13(11-9)12-10-8(6)4-7/h2-4,9-10,12H,5H2,1H3. The minimum Gasteiger partial charge on any atom is -0.497 e. The van der Waals surface area contributed by atoms with Gasteiger partial charge in [-0.15, -0.1) is 5.53 Å². The average Bonchev–Trinajstić information content (AvgIpc) is 2.27. The Morgan fingerprint density at radius 1 is 1.57 bits per heavy atom. The Bertz CT molecular complexity index is 354. The van der Waals surface area contributed by atoms with Crippen molar-refractivity contribution >= 4 is 5.69 Å². The zero-order chi connectivity index (χ0) is 9.97. The van der Waals surface area contributed by atoms with Gasteiger partial charge in [-0.3, -0.25) is 0 Å². The molecule has 1 aromatic carbocycles. The number of anilines is 1. The quantitative estimate of drug-likeness (QED) is 0.619. The smallest absolute Gasteiger partial charge is 0.120 e. The van der Waals surface area contributed by atoms with E-state index in [2.05, 4.69) is 16.2 Å². The summed E-state index contributed by atoms with van der Waals surface area (Å²) >= 11 is 0. The van der Waals surface area contributed by atoms with E-state index in [4.69, 9.17) is 10.3 Å². The molecular weight excluding hydrogens is 182 g/mol. The molecule has 2 rings (SSSR count). The van der Waals surface area contributed by atoms with Crippen molar-refractivity contribution < 1.29 is 4.74 Å². The van der Waals surface area contributed by atoms with Crippen LogP contribution in [-0.2, 0) is 6.54 Å². The van der Waals surface area contributed by atoms with Crippen molar-refractivity contribution in [3.05, 3.63) is 23.8 Å². The Hall–Kier alpha value is -1.82. The predicted octanol–water partition coefficient (Wildman–Crippen LogP) is 1.29. The molecule has 6 heteroatoms. The molecule has 0 amide bonds. The fraction of sp³-hybridized carbons (Fsp3) is 0.250. The summed E-state index contributed by atoms with van der Waals surface area (Å²) in [4.78, 5) is 0. The van der Waals surface area contributed by atoms with Gasteiger partial charge in [0, 0.05) is 6.07 Å². The number of fused-ring (bicyclic) bond motifs is 1. The molecule has 0 bridgehead atoms. The van der Waals surface area contributed by atoms with Crippen LogP contribution in [0.2, 0.25) is 0 Å². The van der Waals surface area contributed by atoms with Crippen LogP contribution in [0, 0.1) is 5.53 Å². The first-order chi connectivity index (χ1) is 6.83. The number of nitrogens with one attached hydrogen (secondary N) is 3. The molecule has 0 saturated heterocycles. The van der Waals surface area contributed by atoms with Crippen molar-refractivity contribution in [3.63, 3.8) is 0 Å². The van der Waals surface area contributed by atoms with Gasteiger partial charge in [0.25, 0.3) is 0 Å². The maximum Gasteiger partial charge on any atom is 0.120 e. The molecule has 3 N–H and O–H groups in total. The Morgan fingerprint density at radius 3 is 3.14 bits per heavy atom. The van der Waals surface area contributed by atoms with Crippen molar-refractivity contribution in [1.82, 2.24) is 10.7 Å². The molecule has 0 spiro atoms. The van der Waals surface area contributed by atoms with E-state index in [1.54, 1.807) is 7.11 Å². The molecule has 14 heavy (non-hydrogen) atoms. The van der Waals surface area contributed by atoms with Gasteiger partial charge in [0.15, 0.2) is 0 Å². The van der Waals surface area contributed by atoms with E-state index in [0.717, 1.165) is 17.0 Å². The number of benzene rings is 1. The Morgan fingerprint density at radius 2 is 2.43 bits per heavy atom. The summed E-state index contributed by atoms with van der Waals surface area (Å²) < 4.78 is 5.09. The molecule has 74 valence electrons. The van der Waals surface area contributed by atoms with E-state index in [1.807, 2.05) is 18.2 Å². The lowest BCUT2D eigenvalue weighted by Gasteiger charge is -2.26. The summed E-state index contributed by atoms with van der Waals surface area (Å²) in [6, 6.07) is 5.72. The van der Waals surface area contributed by atoms with E-state index in [0.29, 0.717) is 6.54 Å². The van der Waals surface area contributed by atoms with Gasteiger partial charge in [0.05, 0.1) is 19.3 Å². The van der Waals surface area contributed by atoms with Crippen molar-refractivity contribution in [3.8, 4) is 5.75 Å². The van der Waals surface area contributed by atoms with Crippen LogP contribution in [0.15, 0.2) is 23.4 Å². The molecule has 0 atom stereocenters. The number of nitrogens with zero attached hydrogens (tertiary/aromatic N) is 2. The minimum absolute atomic E-state index is 0.565. The summed E-state index contributed by atoms with van der Waals surface area (Å²) in [7, 11) is 1.63. The minimum atomic E-state index is 0.565. The fourth-order valence-corrected chi connectivity index (χ4v) is 1.32. The first-order valence-electron chi connectivity index (χ1n) is 4.17. The molecule has 6 nitrogen and oxygen atoms in total. The summed E-state index contributed by atoms with van der Waals surface area (Å²) in [5, 5.41) is 4.67. The molecule has 0 saturated carbocycles. The summed E-state index contributed by atoms with van der Waals surface area (Å²) in [5.41, 5.74) is 14.5. The van der Waals surface area contributed by atoms with Crippen molar-refractivity contribution in [1.29, 1.82) is 5.53 Å². The van der Waals surface area contributed by atoms with Gasteiger partial charge in [0.1, 0.15) is 5.75 Å². The van der Waals surface area contributed by atoms with Crippen LogP contribution >= 0.6 is 0 Å². The van der Waals surface area contributed by atoms with E-state index in [9.17, 15) is 0 Å². The number of hydrogen-bond donors (Lipinski definition) is 3. The van der Waals surface area contributed by atoms with Crippen molar-refractivity contribution in [2.45, 2.75) is 6.54 Å². The molecule has 1 aliphatic heterocycles. The van der Waals surface area contributed by atoms with Crippen LogP contribution in [0.1, 0.15) is 5.56 Å². The Balaban J connectivity index is 2.27. The molecule has 0 aliphatic carbocycles. The van der Waals surface area contributed by atoms with Gasteiger partial charge in [-0.25, -0.2) is 0 Å². The third kappa shape index (κ3) is 1.47. The second-order valence-electron chi connectivity index (χ2n) is 2.92. The van der Waals surface area contributed by atoms with E-state index < -0.39 is 0 Å². The highest BCUT2D eigenvalue weighted by molar-refractivity contribution is 5.55. The SMILES string of the molecule is COc1ccc2c(c1)NNN(N=N)C2. The maximum atomic E-state index is 6.84. The van der Waals surface area contributed by atoms with Crippen molar-refractivity contribution in [2.24, 2.45) is 5.22 Å². The second-order valence-corrected chi connectivity index (χ2v) is 2.92. The average molecular weight is 193 g/mol. The molecule has 0 radical (unpaired) electrons. The van der Waals surface area contributed by atoms with Crippen LogP contribution < -0.4 is 15.7 Å². The highest BCUT2D eigenvalue weighted by atomic mass is 16.5. The topological polar surface area (TPSA) is 72.7 Å². The van der Waals surface area contributed by atoms with E-state index in [1.165, 1.54) is 5.12 Å². The van der Waals surface area contributed by atoms with Crippen LogP contribution in [0.3, 0.4) is 0 Å². The third-order valence-corrected chi connectivity index (χ3v) is 2.08. The van der Waals surface area contributed by atoms with Gasteiger partial charge in [-0.2, -0.15) is 10.6 Å². The fourth-order valence-electron chi connectivity index (χ4n) is 1.32. The van der Waals surface area contributed by atoms with Gasteiger partial charge >= 0.3 is 0 Å². The lowest BCUT2D eigenvalue weighted by molar-refractivity contribution is 0.174. The maximum absolute atomic E-state index is 6.84. The van der Waals surface area contributed by atoms with Crippen LogP contribution in [0.4, 0.5) is 5.69 Å². The van der Waals surface area contributed by atoms with Gasteiger partial charge in [-0.1, -0.05) is 11.3 Å². The monoisotopic (exact) mass is 193 g/mol. The summed E-state index contributed by atoms with van der Waals surface area (Å²) in [6.07, 6.45) is 0. The first-order valence-corrected chi connectivity index (χ1v) is 4.17. The summed E-state index contributed by atoms with van der Waals surface area (Å²) in [6.45, 7) is 0.565. The van der Waals surface area contributed by atoms with E-state index in [-0.39, 0.29) is 0 Å². The van der Waals surface area contributed by atoms with Crippen LogP contribution in [0.5, 0.6) is 5.75 Å². The van der Waals surface area contributed by atoms with Gasteiger partial charge in [-0.05, 0) is 11.6 Å². The molecule has 0 fully saturated rings. The van der Waals surface area contributed by atoms with Crippen LogP contribution in [-0.4, -0.2) is 12.2 Å². The molecule has 1 aromatic rings. The molecular formula is C8H11N5O. The molecule has 1 heterocycles. The Kier molecular flexibility index (Phi) is 2.19. The van der Waals surface area contributed by atoms with Gasteiger partial charge in [0.2, 0.25) is 0 Å². The third-order valence-electron chi connectivity index (χ3n) is 2.08. The normalized spacial score (nSPS) is 14.2. The number of ether oxygens (including phenoxy) is 1. The number of methoxy groups -OCH3 is 1. The zero-order valence-corrected chi connectivity index (χ0v) is 7.74. The zero-order valence-electron chi connectivity index (χ0n) is 7.74. The predicted molar refractivity (Wildman–Crippen MR) is 50.4 cm³/mol. The number of rotatable bonds is 2. The number of hydrazine groups is 2. The van der Waals surface area contributed by atoms with E-state index >= 15 is 0 Å². The van der Waals surface area contributed by atoms with Crippen molar-refractivity contribution in [2.75, 3.05) is 12.5 Å². The number of hydrogen-bond acceptors (Lipinski definition) is 5. The first kappa shape index (κ1) is 8.76. The van der Waals surface area contributed by atoms with Crippen LogP contribution in [0.25, 0.3) is 0 Å². The molecule has 1 aliphatic rings. The largest absolute Gasteiger partial charge is 0.497 e. The Labute approximate surface area is 81.3 Å².